The first-order chi connectivity index (χ1) is 8.31. The maximum absolute atomic E-state index is 5.49. The average Bonchev–Trinajstić information content (AvgIpc) is 2.71. The summed E-state index contributed by atoms with van der Waals surface area (Å²) in [6.45, 7) is 0. The Balaban J connectivity index is 2.00. The van der Waals surface area contributed by atoms with E-state index < -0.39 is 0 Å². The molecule has 17 heavy (non-hydrogen) atoms. The molecule has 0 bridgehead atoms. The molecule has 0 radical (unpaired) electrons. The first-order valence-electron chi connectivity index (χ1n) is 5.53. The molecule has 1 aliphatic carbocycles. The molecule has 2 heterocycles. The van der Waals surface area contributed by atoms with Crippen molar-refractivity contribution in [3.8, 4) is 0 Å². The second-order valence-electron chi connectivity index (χ2n) is 3.92. The van der Waals surface area contributed by atoms with Gasteiger partial charge in [0.25, 0.3) is 0 Å². The van der Waals surface area contributed by atoms with Crippen molar-refractivity contribution in [3.63, 3.8) is 0 Å². The van der Waals surface area contributed by atoms with E-state index in [-0.39, 0.29) is 5.95 Å². The number of nitrogens with two attached hydrogens (primary N) is 1. The van der Waals surface area contributed by atoms with Crippen molar-refractivity contribution in [3.05, 3.63) is 18.3 Å². The minimum atomic E-state index is 0.223. The number of anilines is 1. The van der Waals surface area contributed by atoms with Crippen LogP contribution in [0.15, 0.2) is 23.3 Å². The Labute approximate surface area is 97.7 Å². The molecule has 86 valence electrons. The summed E-state index contributed by atoms with van der Waals surface area (Å²) in [7, 11) is 0. The standard InChI is InChI=1S/C11H12N6/c12-10-13-6-8-9(16-10)17-11(15-8)14-7-4-2-1-3-5-7/h2,4,6H,1,3,5H2,(H3,12,13,15,16,17). The molecule has 1 aliphatic rings. The third-order valence-corrected chi connectivity index (χ3v) is 2.61. The van der Waals surface area contributed by atoms with Gasteiger partial charge < -0.3 is 10.7 Å². The van der Waals surface area contributed by atoms with Crippen LogP contribution in [0.2, 0.25) is 0 Å². The quantitative estimate of drug-likeness (QED) is 0.777. The van der Waals surface area contributed by atoms with Crippen molar-refractivity contribution in [1.29, 1.82) is 0 Å². The van der Waals surface area contributed by atoms with E-state index in [4.69, 9.17) is 5.73 Å². The fraction of sp³-hybridized carbons (Fsp3) is 0.273. The molecule has 0 amide bonds. The van der Waals surface area contributed by atoms with Crippen molar-refractivity contribution in [1.82, 2.24) is 19.9 Å². The number of hydrogen-bond acceptors (Lipinski definition) is 5. The number of aromatic nitrogens is 4. The van der Waals surface area contributed by atoms with Gasteiger partial charge in [-0.25, -0.2) is 9.98 Å². The lowest BCUT2D eigenvalue weighted by Gasteiger charge is -2.03. The van der Waals surface area contributed by atoms with Gasteiger partial charge in [0, 0.05) is 5.71 Å². The van der Waals surface area contributed by atoms with Crippen LogP contribution in [-0.4, -0.2) is 25.6 Å². The Morgan fingerprint density at radius 2 is 2.29 bits per heavy atom. The molecule has 0 saturated heterocycles. The largest absolute Gasteiger partial charge is 0.368 e. The monoisotopic (exact) mass is 228 g/mol. The number of aromatic amines is 1. The summed E-state index contributed by atoms with van der Waals surface area (Å²) in [6, 6.07) is 0. The van der Waals surface area contributed by atoms with Crippen LogP contribution >= 0.6 is 0 Å². The van der Waals surface area contributed by atoms with Gasteiger partial charge in [-0.15, -0.1) is 0 Å². The topological polar surface area (TPSA) is 92.8 Å². The predicted molar refractivity (Wildman–Crippen MR) is 66.2 cm³/mol. The number of nitrogen functional groups attached to an aromatic ring is 1. The van der Waals surface area contributed by atoms with Crippen molar-refractivity contribution >= 4 is 28.8 Å². The van der Waals surface area contributed by atoms with Gasteiger partial charge >= 0.3 is 0 Å². The summed E-state index contributed by atoms with van der Waals surface area (Å²) in [4.78, 5) is 19.7. The molecule has 0 unspecified atom stereocenters. The summed E-state index contributed by atoms with van der Waals surface area (Å²) in [6.07, 6.45) is 9.04. The van der Waals surface area contributed by atoms with E-state index in [1.165, 1.54) is 0 Å². The lowest BCUT2D eigenvalue weighted by atomic mass is 10.1. The maximum atomic E-state index is 5.49. The Bertz CT molecular complexity index is 609. The Kier molecular flexibility index (Phi) is 2.32. The van der Waals surface area contributed by atoms with Crippen molar-refractivity contribution in [2.45, 2.75) is 19.3 Å². The zero-order chi connectivity index (χ0) is 11.7. The zero-order valence-electron chi connectivity index (χ0n) is 9.22. The highest BCUT2D eigenvalue weighted by Crippen LogP contribution is 2.16. The highest BCUT2D eigenvalue weighted by Gasteiger charge is 2.06. The third-order valence-electron chi connectivity index (χ3n) is 2.61. The van der Waals surface area contributed by atoms with Crippen LogP contribution < -0.4 is 5.73 Å². The number of allylic oxidation sites excluding steroid dienone is 2. The third kappa shape index (κ3) is 2.01. The molecule has 0 spiro atoms. The fourth-order valence-electron chi connectivity index (χ4n) is 1.79. The van der Waals surface area contributed by atoms with Gasteiger partial charge in [-0.2, -0.15) is 9.97 Å². The van der Waals surface area contributed by atoms with Crippen LogP contribution in [0.5, 0.6) is 0 Å². The number of rotatable bonds is 1. The molecule has 0 fully saturated rings. The molecule has 0 saturated carbocycles. The van der Waals surface area contributed by atoms with E-state index >= 15 is 0 Å². The van der Waals surface area contributed by atoms with Crippen molar-refractivity contribution in [2.75, 3.05) is 5.73 Å². The lowest BCUT2D eigenvalue weighted by Crippen LogP contribution is -1.97. The number of hydrogen-bond donors (Lipinski definition) is 2. The molecular weight excluding hydrogens is 216 g/mol. The van der Waals surface area contributed by atoms with Gasteiger partial charge in [-0.05, 0) is 25.3 Å². The predicted octanol–water partition coefficient (Wildman–Crippen LogP) is 1.75. The molecule has 2 aromatic heterocycles. The molecule has 3 N–H and O–H groups in total. The van der Waals surface area contributed by atoms with E-state index in [9.17, 15) is 0 Å². The second-order valence-corrected chi connectivity index (χ2v) is 3.92. The first-order valence-corrected chi connectivity index (χ1v) is 5.53. The Morgan fingerprint density at radius 3 is 3.12 bits per heavy atom. The number of fused-ring (bicyclic) bond motifs is 1. The SMILES string of the molecule is Nc1ncc2[nH]c(N=C3C=CCCC3)nc2n1. The summed E-state index contributed by atoms with van der Waals surface area (Å²) >= 11 is 0. The van der Waals surface area contributed by atoms with Crippen LogP contribution in [0.3, 0.4) is 0 Å². The highest BCUT2D eigenvalue weighted by molar-refractivity contribution is 5.97. The van der Waals surface area contributed by atoms with Gasteiger partial charge in [0.15, 0.2) is 5.65 Å². The second kappa shape index (κ2) is 3.97. The van der Waals surface area contributed by atoms with Crippen LogP contribution in [0, 0.1) is 0 Å². The molecule has 6 nitrogen and oxygen atoms in total. The maximum Gasteiger partial charge on any atom is 0.229 e. The van der Waals surface area contributed by atoms with Crippen molar-refractivity contribution < 1.29 is 0 Å². The van der Waals surface area contributed by atoms with Crippen molar-refractivity contribution in [2.24, 2.45) is 4.99 Å². The van der Waals surface area contributed by atoms with E-state index in [1.54, 1.807) is 6.20 Å². The highest BCUT2D eigenvalue weighted by atomic mass is 15.1. The van der Waals surface area contributed by atoms with Crippen LogP contribution in [-0.2, 0) is 0 Å². The van der Waals surface area contributed by atoms with Gasteiger partial charge in [-0.3, -0.25) is 0 Å². The van der Waals surface area contributed by atoms with Gasteiger partial charge in [0.2, 0.25) is 11.9 Å². The number of imidazole rings is 1. The van der Waals surface area contributed by atoms with E-state index in [2.05, 4.69) is 31.0 Å². The summed E-state index contributed by atoms with van der Waals surface area (Å²) in [5, 5.41) is 0. The van der Waals surface area contributed by atoms with Gasteiger partial charge in [0.1, 0.15) is 5.52 Å². The minimum Gasteiger partial charge on any atom is -0.368 e. The van der Waals surface area contributed by atoms with E-state index in [0.29, 0.717) is 11.6 Å². The summed E-state index contributed by atoms with van der Waals surface area (Å²) < 4.78 is 0. The van der Waals surface area contributed by atoms with E-state index in [1.807, 2.05) is 6.08 Å². The minimum absolute atomic E-state index is 0.223. The Morgan fingerprint density at radius 1 is 1.35 bits per heavy atom. The van der Waals surface area contributed by atoms with E-state index in [0.717, 1.165) is 30.5 Å². The first kappa shape index (κ1) is 9.95. The molecule has 0 aliphatic heterocycles. The average molecular weight is 228 g/mol. The zero-order valence-corrected chi connectivity index (χ0v) is 9.22. The Hall–Kier alpha value is -2.24. The molecule has 3 rings (SSSR count). The van der Waals surface area contributed by atoms with Gasteiger partial charge in [-0.1, -0.05) is 6.08 Å². The summed E-state index contributed by atoms with van der Waals surface area (Å²) in [5.41, 5.74) is 7.83. The molecule has 2 aromatic rings. The fourth-order valence-corrected chi connectivity index (χ4v) is 1.79. The number of H-pyrrole nitrogens is 1. The van der Waals surface area contributed by atoms with Crippen LogP contribution in [0.1, 0.15) is 19.3 Å². The summed E-state index contributed by atoms with van der Waals surface area (Å²) in [5.74, 6) is 0.780. The number of aliphatic imine (C=N–C) groups is 1. The lowest BCUT2D eigenvalue weighted by molar-refractivity contribution is 0.878. The van der Waals surface area contributed by atoms with Gasteiger partial charge in [0.05, 0.1) is 6.20 Å². The molecular formula is C11H12N6. The number of nitrogens with zero attached hydrogens (tertiary/aromatic N) is 4. The normalized spacial score (nSPS) is 18.0. The van der Waals surface area contributed by atoms with Crippen LogP contribution in [0.25, 0.3) is 11.2 Å². The van der Waals surface area contributed by atoms with Crippen LogP contribution in [0.4, 0.5) is 11.9 Å². The smallest absolute Gasteiger partial charge is 0.229 e. The molecule has 6 heteroatoms. The molecule has 0 aromatic carbocycles. The number of nitrogens with one attached hydrogen (secondary N) is 1. The molecule has 0 atom stereocenters.